The monoisotopic (exact) mass is 281 g/mol. The molecule has 0 heterocycles. The van der Waals surface area contributed by atoms with E-state index < -0.39 is 0 Å². The second-order valence-corrected chi connectivity index (χ2v) is 6.37. The Morgan fingerprint density at radius 1 is 0.810 bits per heavy atom. The Morgan fingerprint density at radius 2 is 1.33 bits per heavy atom. The van der Waals surface area contributed by atoms with Gasteiger partial charge in [0.25, 0.3) is 0 Å². The zero-order valence-electron chi connectivity index (χ0n) is 13.7. The molecule has 1 nitrogen and oxygen atoms in total. The molecule has 1 atom stereocenters. The van der Waals surface area contributed by atoms with Crippen LogP contribution in [0, 0.1) is 12.8 Å². The van der Waals surface area contributed by atoms with Crippen LogP contribution >= 0.6 is 0 Å². The zero-order chi connectivity index (χ0) is 15.2. The molecule has 0 spiro atoms. The lowest BCUT2D eigenvalue weighted by Crippen LogP contribution is -2.18. The molecule has 112 valence electrons. The topological polar surface area (TPSA) is 12.0 Å². The molecule has 2 rings (SSSR count). The predicted molar refractivity (Wildman–Crippen MR) is 91.7 cm³/mol. The van der Waals surface area contributed by atoms with Crippen molar-refractivity contribution in [1.82, 2.24) is 5.32 Å². The molecule has 0 aliphatic heterocycles. The quantitative estimate of drug-likeness (QED) is 0.809. The molecule has 0 fully saturated rings. The van der Waals surface area contributed by atoms with Crippen molar-refractivity contribution in [3.05, 3.63) is 70.8 Å². The van der Waals surface area contributed by atoms with Gasteiger partial charge < -0.3 is 5.32 Å². The van der Waals surface area contributed by atoms with E-state index in [0.717, 1.165) is 12.8 Å². The molecule has 1 unspecified atom stereocenters. The van der Waals surface area contributed by atoms with E-state index in [9.17, 15) is 0 Å². The van der Waals surface area contributed by atoms with Gasteiger partial charge in [0.15, 0.2) is 0 Å². The molecule has 1 heteroatoms. The Hall–Kier alpha value is -1.60. The lowest BCUT2D eigenvalue weighted by molar-refractivity contribution is 0.591. The van der Waals surface area contributed by atoms with Crippen LogP contribution in [0.4, 0.5) is 0 Å². The SMILES string of the molecule is CNC(Cc1ccc(C)cc1)c1ccc(CC(C)C)cc1. The first kappa shape index (κ1) is 15.8. The van der Waals surface area contributed by atoms with Gasteiger partial charge in [0.1, 0.15) is 0 Å². The molecule has 0 bridgehead atoms. The van der Waals surface area contributed by atoms with Gasteiger partial charge in [-0.3, -0.25) is 0 Å². The summed E-state index contributed by atoms with van der Waals surface area (Å²) in [5.41, 5.74) is 5.49. The fourth-order valence-electron chi connectivity index (χ4n) is 2.70. The minimum atomic E-state index is 0.376. The third-order valence-electron chi connectivity index (χ3n) is 3.93. The minimum Gasteiger partial charge on any atom is -0.313 e. The molecular formula is C20H27N. The maximum Gasteiger partial charge on any atom is 0.0358 e. The Morgan fingerprint density at radius 3 is 1.86 bits per heavy atom. The maximum absolute atomic E-state index is 3.44. The first-order valence-electron chi connectivity index (χ1n) is 7.90. The molecule has 0 aromatic heterocycles. The van der Waals surface area contributed by atoms with Crippen molar-refractivity contribution in [3.8, 4) is 0 Å². The van der Waals surface area contributed by atoms with E-state index in [1.165, 1.54) is 22.3 Å². The van der Waals surface area contributed by atoms with Gasteiger partial charge in [-0.2, -0.15) is 0 Å². The summed E-state index contributed by atoms with van der Waals surface area (Å²) in [6.07, 6.45) is 2.18. The van der Waals surface area contributed by atoms with Crippen LogP contribution < -0.4 is 5.32 Å². The lowest BCUT2D eigenvalue weighted by atomic mass is 9.96. The van der Waals surface area contributed by atoms with E-state index in [4.69, 9.17) is 0 Å². The highest BCUT2D eigenvalue weighted by atomic mass is 14.9. The lowest BCUT2D eigenvalue weighted by Gasteiger charge is -2.17. The zero-order valence-corrected chi connectivity index (χ0v) is 13.7. The average molecular weight is 281 g/mol. The fraction of sp³-hybridized carbons (Fsp3) is 0.400. The molecule has 0 amide bonds. The molecular weight excluding hydrogens is 254 g/mol. The van der Waals surface area contributed by atoms with Crippen LogP contribution in [0.15, 0.2) is 48.5 Å². The van der Waals surface area contributed by atoms with Crippen molar-refractivity contribution < 1.29 is 0 Å². The average Bonchev–Trinajstić information content (AvgIpc) is 2.47. The first-order chi connectivity index (χ1) is 10.1. The van der Waals surface area contributed by atoms with Crippen molar-refractivity contribution >= 4 is 0 Å². The largest absolute Gasteiger partial charge is 0.313 e. The van der Waals surface area contributed by atoms with Gasteiger partial charge in [0.2, 0.25) is 0 Å². The van der Waals surface area contributed by atoms with Gasteiger partial charge >= 0.3 is 0 Å². The molecule has 21 heavy (non-hydrogen) atoms. The maximum atomic E-state index is 3.44. The van der Waals surface area contributed by atoms with Crippen LogP contribution in [0.1, 0.15) is 42.1 Å². The van der Waals surface area contributed by atoms with E-state index in [1.54, 1.807) is 0 Å². The van der Waals surface area contributed by atoms with E-state index in [1.807, 2.05) is 7.05 Å². The number of hydrogen-bond donors (Lipinski definition) is 1. The summed E-state index contributed by atoms with van der Waals surface area (Å²) in [6, 6.07) is 18.3. The highest BCUT2D eigenvalue weighted by Crippen LogP contribution is 2.20. The van der Waals surface area contributed by atoms with Crippen molar-refractivity contribution in [2.75, 3.05) is 7.05 Å². The predicted octanol–water partition coefficient (Wildman–Crippen LogP) is 4.70. The van der Waals surface area contributed by atoms with Crippen molar-refractivity contribution in [1.29, 1.82) is 0 Å². The molecule has 2 aromatic carbocycles. The second kappa shape index (κ2) is 7.42. The van der Waals surface area contributed by atoms with Crippen LogP contribution in [0.5, 0.6) is 0 Å². The van der Waals surface area contributed by atoms with E-state index in [-0.39, 0.29) is 0 Å². The molecule has 0 saturated carbocycles. The third kappa shape index (κ3) is 4.71. The fourth-order valence-corrected chi connectivity index (χ4v) is 2.70. The summed E-state index contributed by atoms with van der Waals surface area (Å²) in [4.78, 5) is 0. The standard InChI is InChI=1S/C20H27N/c1-15(2)13-17-9-11-19(12-10-17)20(21-4)14-18-7-5-16(3)6-8-18/h5-12,15,20-21H,13-14H2,1-4H3. The van der Waals surface area contributed by atoms with E-state index >= 15 is 0 Å². The second-order valence-electron chi connectivity index (χ2n) is 6.37. The summed E-state index contributed by atoms with van der Waals surface area (Å²) in [6.45, 7) is 6.66. The molecule has 2 aromatic rings. The Bertz CT molecular complexity index is 537. The number of rotatable bonds is 6. The van der Waals surface area contributed by atoms with Gasteiger partial charge in [-0.1, -0.05) is 67.9 Å². The number of aryl methyl sites for hydroxylation is 1. The summed E-state index contributed by atoms with van der Waals surface area (Å²) in [5.74, 6) is 0.712. The van der Waals surface area contributed by atoms with Gasteiger partial charge in [0.05, 0.1) is 0 Å². The van der Waals surface area contributed by atoms with E-state index in [2.05, 4.69) is 74.6 Å². The van der Waals surface area contributed by atoms with E-state index in [0.29, 0.717) is 12.0 Å². The Kier molecular flexibility index (Phi) is 5.58. The molecule has 0 aliphatic carbocycles. The van der Waals surface area contributed by atoms with Crippen LogP contribution in [-0.2, 0) is 12.8 Å². The molecule has 1 N–H and O–H groups in total. The van der Waals surface area contributed by atoms with Gasteiger partial charge in [-0.25, -0.2) is 0 Å². The summed E-state index contributed by atoms with van der Waals surface area (Å²) in [7, 11) is 2.04. The summed E-state index contributed by atoms with van der Waals surface area (Å²) < 4.78 is 0. The molecule has 0 aliphatic rings. The Balaban J connectivity index is 2.08. The van der Waals surface area contributed by atoms with Gasteiger partial charge in [-0.15, -0.1) is 0 Å². The summed E-state index contributed by atoms with van der Waals surface area (Å²) in [5, 5.41) is 3.44. The van der Waals surface area contributed by atoms with Crippen LogP contribution in [0.3, 0.4) is 0 Å². The smallest absolute Gasteiger partial charge is 0.0358 e. The van der Waals surface area contributed by atoms with Crippen LogP contribution in [0.25, 0.3) is 0 Å². The number of benzene rings is 2. The number of likely N-dealkylation sites (N-methyl/N-ethyl adjacent to an activating group) is 1. The van der Waals surface area contributed by atoms with Crippen molar-refractivity contribution in [3.63, 3.8) is 0 Å². The summed E-state index contributed by atoms with van der Waals surface area (Å²) >= 11 is 0. The third-order valence-corrected chi connectivity index (χ3v) is 3.93. The molecule has 0 saturated heterocycles. The van der Waals surface area contributed by atoms with Gasteiger partial charge in [-0.05, 0) is 49.4 Å². The minimum absolute atomic E-state index is 0.376. The number of hydrogen-bond acceptors (Lipinski definition) is 1. The number of nitrogens with one attached hydrogen (secondary N) is 1. The normalized spacial score (nSPS) is 12.6. The van der Waals surface area contributed by atoms with Gasteiger partial charge in [0, 0.05) is 6.04 Å². The highest BCUT2D eigenvalue weighted by Gasteiger charge is 2.10. The van der Waals surface area contributed by atoms with Crippen molar-refractivity contribution in [2.45, 2.75) is 39.7 Å². The Labute approximate surface area is 129 Å². The molecule has 0 radical (unpaired) electrons. The van der Waals surface area contributed by atoms with Crippen LogP contribution in [0.2, 0.25) is 0 Å². The van der Waals surface area contributed by atoms with Crippen molar-refractivity contribution in [2.24, 2.45) is 5.92 Å². The first-order valence-corrected chi connectivity index (χ1v) is 7.90. The highest BCUT2D eigenvalue weighted by molar-refractivity contribution is 5.28. The van der Waals surface area contributed by atoms with Crippen LogP contribution in [-0.4, -0.2) is 7.05 Å².